The molecule has 0 spiro atoms. The smallest absolute Gasteiger partial charge is 0.159 e. The van der Waals surface area contributed by atoms with E-state index in [1.54, 1.807) is 6.20 Å². The van der Waals surface area contributed by atoms with E-state index in [2.05, 4.69) is 42.6 Å². The first-order valence-electron chi connectivity index (χ1n) is 10.0. The Balaban J connectivity index is 1.50. The largest absolute Gasteiger partial charge is 0.337 e. The molecule has 0 bridgehead atoms. The SMILES string of the molecule is C1=C(c2cc3c(-c4nc5c(-c6ccccn6)cccc5[nH]4)n[nH]c3cn2)CCNC1. The summed E-state index contributed by atoms with van der Waals surface area (Å²) in [5.41, 5.74) is 7.70. The second-order valence-corrected chi connectivity index (χ2v) is 7.37. The highest BCUT2D eigenvalue weighted by Gasteiger charge is 2.17. The van der Waals surface area contributed by atoms with E-state index in [9.17, 15) is 0 Å². The Kier molecular flexibility index (Phi) is 3.92. The van der Waals surface area contributed by atoms with E-state index in [-0.39, 0.29) is 0 Å². The quantitative estimate of drug-likeness (QED) is 0.432. The third-order valence-corrected chi connectivity index (χ3v) is 5.52. The number of H-pyrrole nitrogens is 2. The number of fused-ring (bicyclic) bond motifs is 2. The summed E-state index contributed by atoms with van der Waals surface area (Å²) < 4.78 is 0. The number of hydrogen-bond donors (Lipinski definition) is 3. The molecule has 5 aromatic rings. The summed E-state index contributed by atoms with van der Waals surface area (Å²) in [5, 5.41) is 12.0. The maximum absolute atomic E-state index is 4.90. The van der Waals surface area contributed by atoms with Crippen LogP contribution in [-0.2, 0) is 0 Å². The van der Waals surface area contributed by atoms with Gasteiger partial charge in [0.25, 0.3) is 0 Å². The van der Waals surface area contributed by atoms with Crippen LogP contribution in [0.4, 0.5) is 0 Å². The van der Waals surface area contributed by atoms with Crippen molar-refractivity contribution in [3.63, 3.8) is 0 Å². The van der Waals surface area contributed by atoms with Crippen molar-refractivity contribution in [3.05, 3.63) is 66.6 Å². The molecular formula is C23H19N7. The lowest BCUT2D eigenvalue weighted by atomic mass is 10.0. The molecule has 3 N–H and O–H groups in total. The first-order valence-corrected chi connectivity index (χ1v) is 10.0. The van der Waals surface area contributed by atoms with Gasteiger partial charge in [-0.3, -0.25) is 15.1 Å². The van der Waals surface area contributed by atoms with Crippen LogP contribution in [0, 0.1) is 0 Å². The number of benzene rings is 1. The van der Waals surface area contributed by atoms with Gasteiger partial charge < -0.3 is 10.3 Å². The maximum atomic E-state index is 4.90. The van der Waals surface area contributed by atoms with Gasteiger partial charge in [0.1, 0.15) is 5.69 Å². The normalized spacial score (nSPS) is 14.3. The molecule has 7 heteroatoms. The zero-order valence-electron chi connectivity index (χ0n) is 16.2. The van der Waals surface area contributed by atoms with Crippen molar-refractivity contribution in [2.24, 2.45) is 0 Å². The summed E-state index contributed by atoms with van der Waals surface area (Å²) in [7, 11) is 0. The fourth-order valence-electron chi connectivity index (χ4n) is 4.00. The first-order chi connectivity index (χ1) is 14.9. The fraction of sp³-hybridized carbons (Fsp3) is 0.130. The van der Waals surface area contributed by atoms with E-state index in [0.717, 1.165) is 69.9 Å². The van der Waals surface area contributed by atoms with Gasteiger partial charge in [0.05, 0.1) is 34.1 Å². The molecule has 4 aromatic heterocycles. The molecular weight excluding hydrogens is 374 g/mol. The third-order valence-electron chi connectivity index (χ3n) is 5.52. The number of para-hydroxylation sites is 1. The van der Waals surface area contributed by atoms with Crippen molar-refractivity contribution in [3.8, 4) is 22.8 Å². The number of rotatable bonds is 3. The number of hydrogen-bond acceptors (Lipinski definition) is 5. The van der Waals surface area contributed by atoms with E-state index < -0.39 is 0 Å². The Morgan fingerprint density at radius 2 is 1.93 bits per heavy atom. The van der Waals surface area contributed by atoms with Crippen LogP contribution in [0.2, 0.25) is 0 Å². The van der Waals surface area contributed by atoms with E-state index in [1.807, 2.05) is 42.6 Å². The Morgan fingerprint density at radius 3 is 2.80 bits per heavy atom. The number of imidazole rings is 1. The summed E-state index contributed by atoms with van der Waals surface area (Å²) in [6.07, 6.45) is 6.83. The minimum absolute atomic E-state index is 0.732. The molecule has 0 saturated heterocycles. The van der Waals surface area contributed by atoms with Gasteiger partial charge in [-0.15, -0.1) is 0 Å². The van der Waals surface area contributed by atoms with Crippen molar-refractivity contribution in [1.29, 1.82) is 0 Å². The Morgan fingerprint density at radius 1 is 0.933 bits per heavy atom. The summed E-state index contributed by atoms with van der Waals surface area (Å²) in [4.78, 5) is 17.5. The number of nitrogens with zero attached hydrogens (tertiary/aromatic N) is 4. The number of aromatic nitrogens is 6. The van der Waals surface area contributed by atoms with Gasteiger partial charge in [-0.1, -0.05) is 24.3 Å². The molecule has 0 fully saturated rings. The molecule has 0 unspecified atom stereocenters. The van der Waals surface area contributed by atoms with Crippen molar-refractivity contribution in [1.82, 2.24) is 35.5 Å². The summed E-state index contributed by atoms with van der Waals surface area (Å²) in [6.45, 7) is 1.86. The molecule has 0 atom stereocenters. The third kappa shape index (κ3) is 2.79. The van der Waals surface area contributed by atoms with Gasteiger partial charge in [-0.2, -0.15) is 5.10 Å². The molecule has 0 aliphatic carbocycles. The van der Waals surface area contributed by atoms with Crippen LogP contribution in [0.25, 0.3) is 50.3 Å². The van der Waals surface area contributed by atoms with Crippen LogP contribution < -0.4 is 5.32 Å². The highest BCUT2D eigenvalue weighted by atomic mass is 15.1. The summed E-state index contributed by atoms with van der Waals surface area (Å²) in [6, 6.07) is 14.1. The van der Waals surface area contributed by atoms with Crippen LogP contribution in [0.3, 0.4) is 0 Å². The molecule has 1 aliphatic rings. The molecule has 30 heavy (non-hydrogen) atoms. The zero-order chi connectivity index (χ0) is 19.9. The van der Waals surface area contributed by atoms with Crippen LogP contribution in [0.15, 0.2) is 60.9 Å². The molecule has 146 valence electrons. The Hall–Kier alpha value is -3.84. The van der Waals surface area contributed by atoms with Gasteiger partial charge >= 0.3 is 0 Å². The maximum Gasteiger partial charge on any atom is 0.159 e. The lowest BCUT2D eigenvalue weighted by Gasteiger charge is -2.13. The van der Waals surface area contributed by atoms with Gasteiger partial charge in [0, 0.05) is 23.7 Å². The lowest BCUT2D eigenvalue weighted by molar-refractivity contribution is 0.737. The summed E-state index contributed by atoms with van der Waals surface area (Å²) in [5.74, 6) is 0.732. The average Bonchev–Trinajstić information content (AvgIpc) is 3.43. The highest BCUT2D eigenvalue weighted by Crippen LogP contribution is 2.31. The monoisotopic (exact) mass is 393 g/mol. The zero-order valence-corrected chi connectivity index (χ0v) is 16.2. The van der Waals surface area contributed by atoms with E-state index >= 15 is 0 Å². The minimum atomic E-state index is 0.732. The molecule has 0 amide bonds. The highest BCUT2D eigenvalue weighted by molar-refractivity contribution is 5.97. The fourth-order valence-corrected chi connectivity index (χ4v) is 4.00. The van der Waals surface area contributed by atoms with Gasteiger partial charge in [0.15, 0.2) is 5.82 Å². The lowest BCUT2D eigenvalue weighted by Crippen LogP contribution is -2.20. The standard InChI is InChI=1S/C23H19N7/c1-2-9-25-17(5-1)15-4-3-6-18-21(15)28-23(27-18)22-16-12-19(14-7-10-24-11-8-14)26-13-20(16)29-30-22/h1-7,9,12-13,24H,8,10-11H2,(H,27,28)(H,29,30). The molecule has 7 nitrogen and oxygen atoms in total. The molecule has 1 aliphatic heterocycles. The van der Waals surface area contributed by atoms with Crippen molar-refractivity contribution < 1.29 is 0 Å². The second-order valence-electron chi connectivity index (χ2n) is 7.37. The van der Waals surface area contributed by atoms with E-state index in [1.165, 1.54) is 5.57 Å². The van der Waals surface area contributed by atoms with Crippen molar-refractivity contribution in [2.45, 2.75) is 6.42 Å². The van der Waals surface area contributed by atoms with Crippen molar-refractivity contribution in [2.75, 3.05) is 13.1 Å². The van der Waals surface area contributed by atoms with Crippen LogP contribution in [0.5, 0.6) is 0 Å². The van der Waals surface area contributed by atoms with Crippen LogP contribution >= 0.6 is 0 Å². The average molecular weight is 393 g/mol. The van der Waals surface area contributed by atoms with E-state index in [4.69, 9.17) is 4.98 Å². The number of aromatic amines is 2. The Labute approximate surface area is 172 Å². The van der Waals surface area contributed by atoms with Gasteiger partial charge in [0.2, 0.25) is 0 Å². The van der Waals surface area contributed by atoms with Crippen LogP contribution in [0.1, 0.15) is 12.1 Å². The topological polar surface area (TPSA) is 95.2 Å². The second kappa shape index (κ2) is 6.89. The predicted octanol–water partition coefficient (Wildman–Crippen LogP) is 3.94. The number of pyridine rings is 2. The van der Waals surface area contributed by atoms with Gasteiger partial charge in [-0.25, -0.2) is 4.98 Å². The molecule has 5 heterocycles. The van der Waals surface area contributed by atoms with Crippen LogP contribution in [-0.4, -0.2) is 43.2 Å². The number of nitrogens with one attached hydrogen (secondary N) is 3. The van der Waals surface area contributed by atoms with Crippen molar-refractivity contribution >= 4 is 27.5 Å². The first kappa shape index (κ1) is 17.1. The minimum Gasteiger partial charge on any atom is -0.337 e. The Bertz CT molecular complexity index is 1400. The summed E-state index contributed by atoms with van der Waals surface area (Å²) >= 11 is 0. The molecule has 0 saturated carbocycles. The molecule has 6 rings (SSSR count). The van der Waals surface area contributed by atoms with Gasteiger partial charge in [-0.05, 0) is 42.8 Å². The van der Waals surface area contributed by atoms with E-state index in [0.29, 0.717) is 0 Å². The molecule has 1 aromatic carbocycles. The molecule has 0 radical (unpaired) electrons. The predicted molar refractivity (Wildman–Crippen MR) is 118 cm³/mol.